The zero-order chi connectivity index (χ0) is 47.4. The summed E-state index contributed by atoms with van der Waals surface area (Å²) in [6.45, 7) is 17.9. The van der Waals surface area contributed by atoms with Crippen LogP contribution in [0.4, 0.5) is 0 Å². The number of benzene rings is 10. The summed E-state index contributed by atoms with van der Waals surface area (Å²) >= 11 is 14.3. The van der Waals surface area contributed by atoms with Gasteiger partial charge in [-0.25, -0.2) is 0 Å². The van der Waals surface area contributed by atoms with Crippen molar-refractivity contribution in [2.24, 2.45) is 0 Å². The number of rotatable bonds is 9. The van der Waals surface area contributed by atoms with Crippen LogP contribution in [0.3, 0.4) is 0 Å². The standard InChI is InChI=1S/C64H54Cl2P2/c1-39-23-40(2)28-51(27-39)67(52-29-41(3)24-42(4)30-52)61-37-57(47-15-11-9-12-16-47)59-35-49(65)19-21-55(59)63(61)64-56-22-20-50(66)36-60(56)58(48-17-13-10-14-18-48)38-62(64)68(53-31-43(5)25-44(6)32-53)54-33-45(7)26-46(8)34-54/h9-38H,1-8H3. The van der Waals surface area contributed by atoms with Gasteiger partial charge in [0.05, 0.1) is 0 Å². The highest BCUT2D eigenvalue weighted by Crippen LogP contribution is 2.50. The van der Waals surface area contributed by atoms with Crippen LogP contribution in [-0.4, -0.2) is 0 Å². The third-order valence-electron chi connectivity index (χ3n) is 12.9. The van der Waals surface area contributed by atoms with Gasteiger partial charge in [0, 0.05) is 10.0 Å². The Balaban J connectivity index is 1.49. The van der Waals surface area contributed by atoms with Gasteiger partial charge in [-0.2, -0.15) is 0 Å². The third kappa shape index (κ3) is 9.09. The van der Waals surface area contributed by atoms with Crippen molar-refractivity contribution in [3.05, 3.63) is 237 Å². The van der Waals surface area contributed by atoms with Crippen LogP contribution in [0, 0.1) is 55.4 Å². The lowest BCUT2D eigenvalue weighted by atomic mass is 9.87. The molecule has 0 saturated carbocycles. The van der Waals surface area contributed by atoms with E-state index in [1.807, 2.05) is 0 Å². The molecule has 0 aliphatic rings. The molecule has 0 aromatic heterocycles. The average Bonchev–Trinajstić information content (AvgIpc) is 3.28. The van der Waals surface area contributed by atoms with Crippen molar-refractivity contribution in [3.63, 3.8) is 0 Å². The molecule has 0 atom stereocenters. The summed E-state index contributed by atoms with van der Waals surface area (Å²) < 4.78 is 0. The van der Waals surface area contributed by atoms with Crippen molar-refractivity contribution >= 4 is 92.4 Å². The maximum atomic E-state index is 7.13. The van der Waals surface area contributed by atoms with E-state index in [9.17, 15) is 0 Å². The van der Waals surface area contributed by atoms with Gasteiger partial charge in [-0.05, 0) is 194 Å². The first-order valence-electron chi connectivity index (χ1n) is 23.3. The van der Waals surface area contributed by atoms with Gasteiger partial charge in [0.1, 0.15) is 0 Å². The van der Waals surface area contributed by atoms with E-state index in [1.54, 1.807) is 0 Å². The highest BCUT2D eigenvalue weighted by atomic mass is 35.5. The predicted octanol–water partition coefficient (Wildman–Crippen LogP) is 16.3. The molecule has 0 heterocycles. The molecule has 0 saturated heterocycles. The Labute approximate surface area is 415 Å². The summed E-state index contributed by atoms with van der Waals surface area (Å²) in [6, 6.07) is 68.7. The Hall–Kier alpha value is -5.84. The Kier molecular flexibility index (Phi) is 12.8. The maximum Gasteiger partial charge on any atom is 0.0412 e. The summed E-state index contributed by atoms with van der Waals surface area (Å²) in [6.07, 6.45) is 0. The molecule has 0 bridgehead atoms. The zero-order valence-electron chi connectivity index (χ0n) is 40.0. The third-order valence-corrected chi connectivity index (χ3v) is 18.2. The van der Waals surface area contributed by atoms with Crippen molar-refractivity contribution in [2.75, 3.05) is 0 Å². The Morgan fingerprint density at radius 3 is 0.838 bits per heavy atom. The smallest absolute Gasteiger partial charge is 0.0412 e. The fourth-order valence-electron chi connectivity index (χ4n) is 10.5. The van der Waals surface area contributed by atoms with Crippen LogP contribution < -0.4 is 31.8 Å². The van der Waals surface area contributed by atoms with Crippen molar-refractivity contribution in [1.82, 2.24) is 0 Å². The van der Waals surface area contributed by atoms with Gasteiger partial charge >= 0.3 is 0 Å². The molecule has 0 fully saturated rings. The van der Waals surface area contributed by atoms with Crippen molar-refractivity contribution in [3.8, 4) is 33.4 Å². The molecule has 0 nitrogen and oxygen atoms in total. The average molecular weight is 956 g/mol. The minimum Gasteiger partial charge on any atom is -0.0843 e. The number of fused-ring (bicyclic) bond motifs is 2. The molecule has 0 aliphatic heterocycles. The fraction of sp³-hybridized carbons (Fsp3) is 0.125. The Morgan fingerprint density at radius 2 is 0.559 bits per heavy atom. The number of aryl methyl sites for hydroxylation is 8. The van der Waals surface area contributed by atoms with Gasteiger partial charge in [-0.15, -0.1) is 0 Å². The first-order chi connectivity index (χ1) is 32.8. The molecule has 0 unspecified atom stereocenters. The number of halogens is 2. The summed E-state index contributed by atoms with van der Waals surface area (Å²) in [4.78, 5) is 0. The second-order valence-corrected chi connectivity index (χ2v) is 24.0. The van der Waals surface area contributed by atoms with Crippen LogP contribution in [0.2, 0.25) is 10.0 Å². The van der Waals surface area contributed by atoms with E-state index in [-0.39, 0.29) is 0 Å². The van der Waals surface area contributed by atoms with Crippen molar-refractivity contribution in [2.45, 2.75) is 55.4 Å². The number of hydrogen-bond acceptors (Lipinski definition) is 0. The monoisotopic (exact) mass is 954 g/mol. The van der Waals surface area contributed by atoms with Gasteiger partial charge in [-0.1, -0.05) is 213 Å². The molecule has 10 aromatic carbocycles. The van der Waals surface area contributed by atoms with Gasteiger partial charge in [0.25, 0.3) is 0 Å². The van der Waals surface area contributed by atoms with Crippen LogP contribution in [0.5, 0.6) is 0 Å². The lowest BCUT2D eigenvalue weighted by Gasteiger charge is -2.31. The molecule has 0 amide bonds. The maximum absolute atomic E-state index is 7.13. The van der Waals surface area contributed by atoms with Crippen LogP contribution in [0.15, 0.2) is 182 Å². The van der Waals surface area contributed by atoms with Gasteiger partial charge < -0.3 is 0 Å². The van der Waals surface area contributed by atoms with Gasteiger partial charge in [0.2, 0.25) is 0 Å². The predicted molar refractivity (Wildman–Crippen MR) is 303 cm³/mol. The highest BCUT2D eigenvalue weighted by Gasteiger charge is 2.31. The fourth-order valence-corrected chi connectivity index (χ4v) is 16.7. The largest absolute Gasteiger partial charge is 0.0843 e. The van der Waals surface area contributed by atoms with Crippen LogP contribution in [0.25, 0.3) is 54.9 Å². The molecule has 0 spiro atoms. The summed E-state index contributed by atoms with van der Waals surface area (Å²) in [7, 11) is -2.34. The highest BCUT2D eigenvalue weighted by molar-refractivity contribution is 7.81. The van der Waals surface area contributed by atoms with E-state index in [0.717, 1.165) is 21.9 Å². The molecule has 4 heteroatoms. The Bertz CT molecular complexity index is 3150. The molecular weight excluding hydrogens is 902 g/mol. The van der Waals surface area contributed by atoms with Crippen molar-refractivity contribution < 1.29 is 0 Å². The van der Waals surface area contributed by atoms with E-state index in [2.05, 4.69) is 237 Å². The quantitative estimate of drug-likeness (QED) is 0.127. The topological polar surface area (TPSA) is 0 Å². The molecule has 0 radical (unpaired) electrons. The van der Waals surface area contributed by atoms with E-state index in [4.69, 9.17) is 23.2 Å². The lowest BCUT2D eigenvalue weighted by Crippen LogP contribution is -2.27. The van der Waals surface area contributed by atoms with E-state index in [1.165, 1.54) is 109 Å². The van der Waals surface area contributed by atoms with Crippen LogP contribution in [-0.2, 0) is 0 Å². The second-order valence-electron chi connectivity index (χ2n) is 18.8. The zero-order valence-corrected chi connectivity index (χ0v) is 43.3. The van der Waals surface area contributed by atoms with Gasteiger partial charge in [0.15, 0.2) is 0 Å². The van der Waals surface area contributed by atoms with E-state index < -0.39 is 15.8 Å². The van der Waals surface area contributed by atoms with E-state index in [0.29, 0.717) is 10.0 Å². The summed E-state index contributed by atoms with van der Waals surface area (Å²) in [5, 5.41) is 14.0. The molecule has 0 N–H and O–H groups in total. The van der Waals surface area contributed by atoms with Gasteiger partial charge in [-0.3, -0.25) is 0 Å². The van der Waals surface area contributed by atoms with Crippen LogP contribution >= 0.6 is 39.0 Å². The minimum absolute atomic E-state index is 0.711. The SMILES string of the molecule is Cc1cc(C)cc(P(c2cc(C)cc(C)c2)c2cc(-c3ccccc3)c3cc(Cl)ccc3c2-c2c(P(c3cc(C)cc(C)c3)c3cc(C)cc(C)c3)cc(-c3ccccc3)c3cc(Cl)ccc23)c1. The van der Waals surface area contributed by atoms with Crippen molar-refractivity contribution in [1.29, 1.82) is 0 Å². The molecule has 10 rings (SSSR count). The molecule has 68 heavy (non-hydrogen) atoms. The second kappa shape index (κ2) is 18.9. The first-order valence-corrected chi connectivity index (χ1v) is 26.8. The molecular formula is C64H54Cl2P2. The molecule has 0 aliphatic carbocycles. The normalized spacial score (nSPS) is 11.6. The minimum atomic E-state index is -1.17. The molecule has 10 aromatic rings. The summed E-state index contributed by atoms with van der Waals surface area (Å²) in [5.74, 6) is 0. The Morgan fingerprint density at radius 1 is 0.279 bits per heavy atom. The summed E-state index contributed by atoms with van der Waals surface area (Å²) in [5.41, 5.74) is 17.2. The van der Waals surface area contributed by atoms with Crippen LogP contribution in [0.1, 0.15) is 44.5 Å². The number of hydrogen-bond donors (Lipinski definition) is 0. The lowest BCUT2D eigenvalue weighted by molar-refractivity contribution is 1.40. The molecule has 334 valence electrons. The first kappa shape index (κ1) is 45.9. The van der Waals surface area contributed by atoms with E-state index >= 15 is 0 Å².